The van der Waals surface area contributed by atoms with Crippen molar-refractivity contribution in [2.45, 2.75) is 10.9 Å². The van der Waals surface area contributed by atoms with Crippen LogP contribution in [0.3, 0.4) is 0 Å². The van der Waals surface area contributed by atoms with Gasteiger partial charge in [0.2, 0.25) is 11.0 Å². The van der Waals surface area contributed by atoms with Crippen molar-refractivity contribution < 1.29 is 9.53 Å². The molecule has 1 heterocycles. The van der Waals surface area contributed by atoms with Gasteiger partial charge in [0.1, 0.15) is 0 Å². The number of hydrogen-bond acceptors (Lipinski definition) is 7. The van der Waals surface area contributed by atoms with Crippen LogP contribution >= 0.6 is 34.7 Å². The number of amides is 1. The Balaban J connectivity index is 1.70. The van der Waals surface area contributed by atoms with Gasteiger partial charge in [-0.25, -0.2) is 0 Å². The predicted octanol–water partition coefficient (Wildman–Crippen LogP) is 2.66. The van der Waals surface area contributed by atoms with Gasteiger partial charge in [0.15, 0.2) is 4.34 Å². The molecule has 0 aliphatic heterocycles. The van der Waals surface area contributed by atoms with Gasteiger partial charge in [0.25, 0.3) is 0 Å². The zero-order chi connectivity index (χ0) is 16.5. The topological polar surface area (TPSA) is 76.1 Å². The first-order valence-electron chi connectivity index (χ1n) is 6.87. The fourth-order valence-corrected chi connectivity index (χ4v) is 3.45. The van der Waals surface area contributed by atoms with Crippen LogP contribution < -0.4 is 10.6 Å². The number of nitrogens with zero attached hydrogens (tertiary/aromatic N) is 2. The molecule has 0 radical (unpaired) electrons. The SMILES string of the molecule is COCCNc1nnc(SCC(=O)NCc2cccc(Cl)c2)s1. The summed E-state index contributed by atoms with van der Waals surface area (Å²) in [6.07, 6.45) is 0. The molecule has 23 heavy (non-hydrogen) atoms. The molecule has 0 aliphatic carbocycles. The number of carbonyl (C=O) groups is 1. The summed E-state index contributed by atoms with van der Waals surface area (Å²) in [4.78, 5) is 11.9. The average molecular weight is 373 g/mol. The van der Waals surface area contributed by atoms with E-state index in [0.717, 1.165) is 15.0 Å². The number of methoxy groups -OCH3 is 1. The second kappa shape index (κ2) is 9.71. The lowest BCUT2D eigenvalue weighted by Gasteiger charge is -2.04. The number of rotatable bonds is 9. The third-order valence-electron chi connectivity index (χ3n) is 2.69. The standard InChI is InChI=1S/C14H17ClN4O2S2/c1-21-6-5-16-13-18-19-14(23-13)22-9-12(20)17-8-10-3-2-4-11(15)7-10/h2-4,7H,5-6,8-9H2,1H3,(H,16,18)(H,17,20). The van der Waals surface area contributed by atoms with Crippen LogP contribution in [0.4, 0.5) is 5.13 Å². The van der Waals surface area contributed by atoms with Crippen molar-refractivity contribution in [2.75, 3.05) is 31.3 Å². The van der Waals surface area contributed by atoms with Crippen LogP contribution in [0.2, 0.25) is 5.02 Å². The summed E-state index contributed by atoms with van der Waals surface area (Å²) in [7, 11) is 1.64. The first-order valence-corrected chi connectivity index (χ1v) is 9.05. The van der Waals surface area contributed by atoms with Crippen LogP contribution in [0, 0.1) is 0 Å². The summed E-state index contributed by atoms with van der Waals surface area (Å²) >= 11 is 8.69. The Hall–Kier alpha value is -1.35. The van der Waals surface area contributed by atoms with Gasteiger partial charge in [-0.2, -0.15) is 0 Å². The van der Waals surface area contributed by atoms with Gasteiger partial charge < -0.3 is 15.4 Å². The maximum absolute atomic E-state index is 11.9. The smallest absolute Gasteiger partial charge is 0.230 e. The van der Waals surface area contributed by atoms with Crippen LogP contribution in [0.1, 0.15) is 5.56 Å². The summed E-state index contributed by atoms with van der Waals surface area (Å²) in [5.41, 5.74) is 0.969. The molecule has 0 saturated carbocycles. The minimum Gasteiger partial charge on any atom is -0.383 e. The maximum Gasteiger partial charge on any atom is 0.230 e. The van der Waals surface area contributed by atoms with E-state index in [0.29, 0.717) is 30.5 Å². The van der Waals surface area contributed by atoms with Crippen molar-refractivity contribution in [3.8, 4) is 0 Å². The van der Waals surface area contributed by atoms with Crippen molar-refractivity contribution in [2.24, 2.45) is 0 Å². The summed E-state index contributed by atoms with van der Waals surface area (Å²) in [5.74, 6) is 0.242. The Labute approximate surface area is 148 Å². The Morgan fingerprint density at radius 2 is 2.30 bits per heavy atom. The molecule has 1 aromatic heterocycles. The molecule has 2 aromatic rings. The largest absolute Gasteiger partial charge is 0.383 e. The fraction of sp³-hybridized carbons (Fsp3) is 0.357. The quantitative estimate of drug-likeness (QED) is 0.520. The first-order chi connectivity index (χ1) is 11.2. The van der Waals surface area contributed by atoms with E-state index < -0.39 is 0 Å². The van der Waals surface area contributed by atoms with Crippen LogP contribution in [-0.2, 0) is 16.1 Å². The Bertz CT molecular complexity index is 639. The summed E-state index contributed by atoms with van der Waals surface area (Å²) in [6, 6.07) is 7.41. The summed E-state index contributed by atoms with van der Waals surface area (Å²) in [5, 5.41) is 15.4. The van der Waals surface area contributed by atoms with Gasteiger partial charge in [-0.15, -0.1) is 10.2 Å². The normalized spacial score (nSPS) is 10.5. The molecule has 9 heteroatoms. The minimum absolute atomic E-state index is 0.0564. The van der Waals surface area contributed by atoms with E-state index >= 15 is 0 Å². The molecule has 0 atom stereocenters. The highest BCUT2D eigenvalue weighted by molar-refractivity contribution is 8.01. The van der Waals surface area contributed by atoms with Crippen LogP contribution in [0.5, 0.6) is 0 Å². The third-order valence-corrected chi connectivity index (χ3v) is 4.94. The van der Waals surface area contributed by atoms with Crippen LogP contribution in [0.15, 0.2) is 28.6 Å². The zero-order valence-electron chi connectivity index (χ0n) is 12.5. The Morgan fingerprint density at radius 1 is 1.43 bits per heavy atom. The molecule has 0 saturated heterocycles. The van der Waals surface area contributed by atoms with E-state index in [-0.39, 0.29) is 5.91 Å². The summed E-state index contributed by atoms with van der Waals surface area (Å²) < 4.78 is 5.70. The van der Waals surface area contributed by atoms with Crippen LogP contribution in [-0.4, -0.2) is 42.1 Å². The molecule has 124 valence electrons. The molecule has 0 bridgehead atoms. The molecule has 1 aromatic carbocycles. The van der Waals surface area contributed by atoms with E-state index in [1.807, 2.05) is 18.2 Å². The lowest BCUT2D eigenvalue weighted by molar-refractivity contribution is -0.118. The van der Waals surface area contributed by atoms with E-state index in [9.17, 15) is 4.79 Å². The van der Waals surface area contributed by atoms with Gasteiger partial charge in [0.05, 0.1) is 12.4 Å². The fourth-order valence-electron chi connectivity index (χ4n) is 1.63. The molecule has 1 amide bonds. The van der Waals surface area contributed by atoms with Gasteiger partial charge in [-0.05, 0) is 17.7 Å². The molecule has 0 fully saturated rings. The van der Waals surface area contributed by atoms with Crippen molar-refractivity contribution in [3.05, 3.63) is 34.9 Å². The maximum atomic E-state index is 11.9. The zero-order valence-corrected chi connectivity index (χ0v) is 14.9. The number of hydrogen-bond donors (Lipinski definition) is 2. The van der Waals surface area contributed by atoms with Gasteiger partial charge in [0, 0.05) is 25.2 Å². The van der Waals surface area contributed by atoms with E-state index in [1.54, 1.807) is 13.2 Å². The number of thioether (sulfide) groups is 1. The number of ether oxygens (including phenoxy) is 1. The third kappa shape index (κ3) is 6.74. The first kappa shape index (κ1) is 18.0. The average Bonchev–Trinajstić information content (AvgIpc) is 2.99. The Kier molecular flexibility index (Phi) is 7.60. The monoisotopic (exact) mass is 372 g/mol. The number of anilines is 1. The van der Waals surface area contributed by atoms with Gasteiger partial charge >= 0.3 is 0 Å². The number of aromatic nitrogens is 2. The lowest BCUT2D eigenvalue weighted by Crippen LogP contribution is -2.24. The van der Waals surface area contributed by atoms with E-state index in [2.05, 4.69) is 20.8 Å². The van der Waals surface area contributed by atoms with E-state index in [4.69, 9.17) is 16.3 Å². The molecule has 0 spiro atoms. The highest BCUT2D eigenvalue weighted by Gasteiger charge is 2.08. The lowest BCUT2D eigenvalue weighted by atomic mass is 10.2. The van der Waals surface area contributed by atoms with Crippen molar-refractivity contribution in [1.82, 2.24) is 15.5 Å². The highest BCUT2D eigenvalue weighted by atomic mass is 35.5. The van der Waals surface area contributed by atoms with Crippen LogP contribution in [0.25, 0.3) is 0 Å². The number of carbonyl (C=O) groups excluding carboxylic acids is 1. The molecule has 6 nitrogen and oxygen atoms in total. The highest BCUT2D eigenvalue weighted by Crippen LogP contribution is 2.25. The number of halogens is 1. The van der Waals surface area contributed by atoms with E-state index in [1.165, 1.54) is 23.1 Å². The predicted molar refractivity (Wildman–Crippen MR) is 94.3 cm³/mol. The number of nitrogens with one attached hydrogen (secondary N) is 2. The molecule has 0 unspecified atom stereocenters. The molecule has 2 N–H and O–H groups in total. The molecular formula is C14H17ClN4O2S2. The Morgan fingerprint density at radius 3 is 3.09 bits per heavy atom. The molecule has 0 aliphatic rings. The second-order valence-corrected chi connectivity index (χ2v) is 7.12. The van der Waals surface area contributed by atoms with Crippen molar-refractivity contribution in [3.63, 3.8) is 0 Å². The minimum atomic E-state index is -0.0564. The van der Waals surface area contributed by atoms with Crippen molar-refractivity contribution in [1.29, 1.82) is 0 Å². The van der Waals surface area contributed by atoms with Gasteiger partial charge in [-0.3, -0.25) is 4.79 Å². The summed E-state index contributed by atoms with van der Waals surface area (Å²) in [6.45, 7) is 1.74. The number of benzene rings is 1. The van der Waals surface area contributed by atoms with Crippen molar-refractivity contribution >= 4 is 45.7 Å². The molecule has 2 rings (SSSR count). The molecular weight excluding hydrogens is 356 g/mol. The second-order valence-electron chi connectivity index (χ2n) is 4.49. The van der Waals surface area contributed by atoms with Gasteiger partial charge in [-0.1, -0.05) is 46.8 Å².